The van der Waals surface area contributed by atoms with Gasteiger partial charge in [-0.25, -0.2) is 0 Å². The Hall–Kier alpha value is -1.36. The van der Waals surface area contributed by atoms with Gasteiger partial charge in [0.1, 0.15) is 0 Å². The summed E-state index contributed by atoms with van der Waals surface area (Å²) >= 11 is 1.64. The standard InChI is InChI=1S/C9H10N2O2S/c1-4-3-6(5(2)14-4)7-8(12)11-9(10)13-7/h3,7H,1-2H3,(H2,10,11,12). The maximum Gasteiger partial charge on any atom is 0.296 e. The van der Waals surface area contributed by atoms with E-state index in [4.69, 9.17) is 10.5 Å². The summed E-state index contributed by atoms with van der Waals surface area (Å²) in [6.07, 6.45) is -0.625. The van der Waals surface area contributed by atoms with E-state index in [0.29, 0.717) is 0 Å². The van der Waals surface area contributed by atoms with Crippen LogP contribution in [0.2, 0.25) is 0 Å². The third-order valence-electron chi connectivity index (χ3n) is 2.05. The molecule has 1 unspecified atom stereocenters. The number of amides is 1. The minimum atomic E-state index is -0.625. The Morgan fingerprint density at radius 3 is 2.71 bits per heavy atom. The first-order valence-electron chi connectivity index (χ1n) is 4.19. The summed E-state index contributed by atoms with van der Waals surface area (Å²) in [4.78, 5) is 17.1. The summed E-state index contributed by atoms with van der Waals surface area (Å²) in [5.41, 5.74) is 6.20. The number of aryl methyl sites for hydroxylation is 2. The van der Waals surface area contributed by atoms with Gasteiger partial charge in [-0.15, -0.1) is 11.3 Å². The van der Waals surface area contributed by atoms with E-state index in [2.05, 4.69) is 4.99 Å². The fraction of sp³-hybridized carbons (Fsp3) is 0.333. The summed E-state index contributed by atoms with van der Waals surface area (Å²) < 4.78 is 5.14. The number of rotatable bonds is 1. The van der Waals surface area contributed by atoms with Gasteiger partial charge in [0.2, 0.25) is 6.10 Å². The van der Waals surface area contributed by atoms with E-state index in [0.717, 1.165) is 15.3 Å². The summed E-state index contributed by atoms with van der Waals surface area (Å²) in [7, 11) is 0. The Labute approximate surface area is 85.4 Å². The SMILES string of the molecule is Cc1cc(C2OC(N)=NC2=O)c(C)s1. The summed E-state index contributed by atoms with van der Waals surface area (Å²) in [6.45, 7) is 3.95. The van der Waals surface area contributed by atoms with Crippen molar-refractivity contribution >= 4 is 23.3 Å². The second kappa shape index (κ2) is 3.09. The predicted octanol–water partition coefficient (Wildman–Crippen LogP) is 1.28. The number of nitrogens with zero attached hydrogens (tertiary/aromatic N) is 1. The maximum absolute atomic E-state index is 11.4. The van der Waals surface area contributed by atoms with E-state index in [9.17, 15) is 4.79 Å². The fourth-order valence-electron chi connectivity index (χ4n) is 1.47. The molecule has 5 heteroatoms. The molecule has 1 aromatic rings. The lowest BCUT2D eigenvalue weighted by Crippen LogP contribution is -2.14. The smallest absolute Gasteiger partial charge is 0.296 e. The number of hydrogen-bond donors (Lipinski definition) is 1. The van der Waals surface area contributed by atoms with E-state index in [1.807, 2.05) is 19.9 Å². The molecule has 2 heterocycles. The molecule has 1 aromatic heterocycles. The van der Waals surface area contributed by atoms with Crippen LogP contribution in [0.3, 0.4) is 0 Å². The highest BCUT2D eigenvalue weighted by atomic mass is 32.1. The number of ether oxygens (including phenoxy) is 1. The molecule has 0 saturated heterocycles. The Morgan fingerprint density at radius 2 is 2.29 bits per heavy atom. The highest BCUT2D eigenvalue weighted by Crippen LogP contribution is 2.31. The van der Waals surface area contributed by atoms with Gasteiger partial charge in [0.15, 0.2) is 0 Å². The average Bonchev–Trinajstić information content (AvgIpc) is 2.55. The minimum absolute atomic E-state index is 0.0387. The molecule has 0 aliphatic carbocycles. The zero-order valence-corrected chi connectivity index (χ0v) is 8.72. The van der Waals surface area contributed by atoms with Crippen molar-refractivity contribution in [1.82, 2.24) is 0 Å². The van der Waals surface area contributed by atoms with Crippen LogP contribution in [0.25, 0.3) is 0 Å². The first kappa shape index (κ1) is 9.21. The average molecular weight is 210 g/mol. The van der Waals surface area contributed by atoms with Crippen molar-refractivity contribution in [2.45, 2.75) is 20.0 Å². The van der Waals surface area contributed by atoms with Gasteiger partial charge in [0.25, 0.3) is 11.9 Å². The molecule has 14 heavy (non-hydrogen) atoms. The normalized spacial score (nSPS) is 20.9. The number of aliphatic imine (C=N–C) groups is 1. The number of amidine groups is 1. The summed E-state index contributed by atoms with van der Waals surface area (Å²) in [5, 5.41) is 0. The molecule has 1 aliphatic heterocycles. The van der Waals surface area contributed by atoms with Crippen molar-refractivity contribution in [3.8, 4) is 0 Å². The Balaban J connectivity index is 2.34. The Morgan fingerprint density at radius 1 is 1.57 bits per heavy atom. The van der Waals surface area contributed by atoms with E-state index in [1.54, 1.807) is 11.3 Å². The second-order valence-corrected chi connectivity index (χ2v) is 4.62. The van der Waals surface area contributed by atoms with Crippen molar-refractivity contribution < 1.29 is 9.53 Å². The van der Waals surface area contributed by atoms with E-state index < -0.39 is 6.10 Å². The van der Waals surface area contributed by atoms with Crippen LogP contribution in [0.15, 0.2) is 11.1 Å². The van der Waals surface area contributed by atoms with Crippen molar-refractivity contribution in [3.05, 3.63) is 21.4 Å². The van der Waals surface area contributed by atoms with Crippen LogP contribution in [0.5, 0.6) is 0 Å². The van der Waals surface area contributed by atoms with Gasteiger partial charge < -0.3 is 10.5 Å². The van der Waals surface area contributed by atoms with Crippen molar-refractivity contribution in [1.29, 1.82) is 0 Å². The molecular formula is C9H10N2O2S. The highest BCUT2D eigenvalue weighted by Gasteiger charge is 2.31. The number of carbonyl (C=O) groups is 1. The Bertz CT molecular complexity index is 422. The Kier molecular flexibility index (Phi) is 2.03. The van der Waals surface area contributed by atoms with Crippen molar-refractivity contribution in [2.75, 3.05) is 0 Å². The largest absolute Gasteiger partial charge is 0.447 e. The van der Waals surface area contributed by atoms with Crippen molar-refractivity contribution in [2.24, 2.45) is 10.7 Å². The monoisotopic (exact) mass is 210 g/mol. The second-order valence-electron chi connectivity index (χ2n) is 3.15. The lowest BCUT2D eigenvalue weighted by molar-refractivity contribution is -0.122. The molecule has 2 rings (SSSR count). The minimum Gasteiger partial charge on any atom is -0.447 e. The lowest BCUT2D eigenvalue weighted by atomic mass is 10.1. The first-order chi connectivity index (χ1) is 6.58. The van der Waals surface area contributed by atoms with E-state index in [-0.39, 0.29) is 11.9 Å². The first-order valence-corrected chi connectivity index (χ1v) is 5.01. The van der Waals surface area contributed by atoms with Crippen LogP contribution < -0.4 is 5.73 Å². The van der Waals surface area contributed by atoms with E-state index >= 15 is 0 Å². The molecule has 0 bridgehead atoms. The van der Waals surface area contributed by atoms with Crippen LogP contribution in [0.1, 0.15) is 21.4 Å². The third kappa shape index (κ3) is 1.39. The molecule has 1 amide bonds. The molecule has 1 aliphatic rings. The van der Waals surface area contributed by atoms with Gasteiger partial charge in [0, 0.05) is 15.3 Å². The molecule has 74 valence electrons. The molecule has 0 fully saturated rings. The van der Waals surface area contributed by atoms with Gasteiger partial charge in [-0.05, 0) is 19.9 Å². The van der Waals surface area contributed by atoms with Gasteiger partial charge in [0.05, 0.1) is 0 Å². The molecule has 0 radical (unpaired) electrons. The van der Waals surface area contributed by atoms with Gasteiger partial charge in [-0.1, -0.05) is 0 Å². The number of nitrogens with two attached hydrogens (primary N) is 1. The predicted molar refractivity (Wildman–Crippen MR) is 54.2 cm³/mol. The zero-order valence-electron chi connectivity index (χ0n) is 7.90. The van der Waals surface area contributed by atoms with Crippen LogP contribution in [-0.4, -0.2) is 11.9 Å². The number of thiophene rings is 1. The molecule has 0 aromatic carbocycles. The van der Waals surface area contributed by atoms with Crippen LogP contribution in [-0.2, 0) is 9.53 Å². The molecule has 0 saturated carbocycles. The van der Waals surface area contributed by atoms with Crippen LogP contribution in [0.4, 0.5) is 0 Å². The summed E-state index contributed by atoms with van der Waals surface area (Å²) in [6, 6.07) is 1.90. The number of carbonyl (C=O) groups excluding carboxylic acids is 1. The summed E-state index contributed by atoms with van der Waals surface area (Å²) in [5.74, 6) is -0.316. The maximum atomic E-state index is 11.4. The zero-order chi connectivity index (χ0) is 10.3. The van der Waals surface area contributed by atoms with Crippen LogP contribution >= 0.6 is 11.3 Å². The fourth-order valence-corrected chi connectivity index (χ4v) is 2.42. The van der Waals surface area contributed by atoms with E-state index in [1.165, 1.54) is 0 Å². The van der Waals surface area contributed by atoms with Crippen LogP contribution in [0, 0.1) is 13.8 Å². The molecule has 4 nitrogen and oxygen atoms in total. The molecule has 2 N–H and O–H groups in total. The topological polar surface area (TPSA) is 64.7 Å². The molecule has 0 spiro atoms. The van der Waals surface area contributed by atoms with Gasteiger partial charge in [-0.3, -0.25) is 4.79 Å². The quantitative estimate of drug-likeness (QED) is 0.759. The van der Waals surface area contributed by atoms with Crippen molar-refractivity contribution in [3.63, 3.8) is 0 Å². The van der Waals surface area contributed by atoms with Gasteiger partial charge in [-0.2, -0.15) is 4.99 Å². The van der Waals surface area contributed by atoms with Gasteiger partial charge >= 0.3 is 0 Å². The number of hydrogen-bond acceptors (Lipinski definition) is 4. The third-order valence-corrected chi connectivity index (χ3v) is 3.03. The highest BCUT2D eigenvalue weighted by molar-refractivity contribution is 7.12. The molecule has 1 atom stereocenters. The molecular weight excluding hydrogens is 200 g/mol. The lowest BCUT2D eigenvalue weighted by Gasteiger charge is -2.06.